The van der Waals surface area contributed by atoms with Gasteiger partial charge in [-0.05, 0) is 38.0 Å². The van der Waals surface area contributed by atoms with Crippen molar-refractivity contribution in [3.63, 3.8) is 0 Å². The van der Waals surface area contributed by atoms with Gasteiger partial charge >= 0.3 is 5.97 Å². The third-order valence-electron chi connectivity index (χ3n) is 3.53. The minimum absolute atomic E-state index is 0.0667. The lowest BCUT2D eigenvalue weighted by molar-refractivity contribution is -0.149. The van der Waals surface area contributed by atoms with Crippen LogP contribution in [0.15, 0.2) is 29.2 Å². The molecule has 1 N–H and O–H groups in total. The standard InChI is InChI=1S/C14H19NO5S/c1-2-20-14(17)11-6-8-15(9-7-11)21(18,19)13-5-3-4-12(16)10-13/h3-5,10-11,16H,2,6-9H2,1H3. The van der Waals surface area contributed by atoms with Crippen LogP contribution in [0.5, 0.6) is 5.75 Å². The molecule has 0 aromatic heterocycles. The van der Waals surface area contributed by atoms with E-state index in [1.807, 2.05) is 0 Å². The molecule has 1 aromatic rings. The zero-order valence-electron chi connectivity index (χ0n) is 11.9. The maximum Gasteiger partial charge on any atom is 0.309 e. The molecule has 0 saturated carbocycles. The smallest absolute Gasteiger partial charge is 0.309 e. The highest BCUT2D eigenvalue weighted by atomic mass is 32.2. The number of hydrogen-bond acceptors (Lipinski definition) is 5. The molecule has 0 spiro atoms. The van der Waals surface area contributed by atoms with Crippen molar-refractivity contribution in [2.24, 2.45) is 5.92 Å². The van der Waals surface area contributed by atoms with Crippen molar-refractivity contribution in [3.05, 3.63) is 24.3 Å². The van der Waals surface area contributed by atoms with E-state index < -0.39 is 10.0 Å². The normalized spacial score (nSPS) is 17.6. The quantitative estimate of drug-likeness (QED) is 0.848. The van der Waals surface area contributed by atoms with E-state index in [-0.39, 0.29) is 35.6 Å². The van der Waals surface area contributed by atoms with Crippen molar-refractivity contribution in [1.29, 1.82) is 0 Å². The number of esters is 1. The van der Waals surface area contributed by atoms with Gasteiger partial charge in [-0.2, -0.15) is 4.31 Å². The molecule has 1 saturated heterocycles. The van der Waals surface area contributed by atoms with E-state index in [2.05, 4.69) is 0 Å². The van der Waals surface area contributed by atoms with E-state index in [9.17, 15) is 18.3 Å². The average molecular weight is 313 g/mol. The molecule has 6 nitrogen and oxygen atoms in total. The summed E-state index contributed by atoms with van der Waals surface area (Å²) in [6, 6.07) is 5.60. The Kier molecular flexibility index (Phi) is 4.84. The summed E-state index contributed by atoms with van der Waals surface area (Å²) in [6.07, 6.45) is 0.910. The highest BCUT2D eigenvalue weighted by Gasteiger charge is 2.32. The van der Waals surface area contributed by atoms with E-state index in [0.29, 0.717) is 19.4 Å². The predicted octanol–water partition coefficient (Wildman–Crippen LogP) is 1.36. The summed E-state index contributed by atoms with van der Waals surface area (Å²) < 4.78 is 31.2. The van der Waals surface area contributed by atoms with Gasteiger partial charge < -0.3 is 9.84 Å². The lowest BCUT2D eigenvalue weighted by Crippen LogP contribution is -2.40. The maximum absolute atomic E-state index is 12.4. The monoisotopic (exact) mass is 313 g/mol. The molecular formula is C14H19NO5S. The second-order valence-corrected chi connectivity index (χ2v) is 6.87. The van der Waals surface area contributed by atoms with Crippen LogP contribution >= 0.6 is 0 Å². The third-order valence-corrected chi connectivity index (χ3v) is 5.42. The molecule has 7 heteroatoms. The van der Waals surface area contributed by atoms with Gasteiger partial charge in [0, 0.05) is 13.1 Å². The Labute approximate surface area is 124 Å². The second-order valence-electron chi connectivity index (χ2n) is 4.93. The fraction of sp³-hybridized carbons (Fsp3) is 0.500. The van der Waals surface area contributed by atoms with Crippen LogP contribution in [-0.2, 0) is 19.6 Å². The Morgan fingerprint density at radius 1 is 1.38 bits per heavy atom. The van der Waals surface area contributed by atoms with Crippen LogP contribution in [0.1, 0.15) is 19.8 Å². The van der Waals surface area contributed by atoms with Crippen LogP contribution in [0.2, 0.25) is 0 Å². The fourth-order valence-corrected chi connectivity index (χ4v) is 3.89. The van der Waals surface area contributed by atoms with E-state index in [1.54, 1.807) is 6.92 Å². The number of hydrogen-bond donors (Lipinski definition) is 1. The van der Waals surface area contributed by atoms with Crippen LogP contribution in [0, 0.1) is 5.92 Å². The van der Waals surface area contributed by atoms with Crippen LogP contribution in [0.3, 0.4) is 0 Å². The zero-order valence-corrected chi connectivity index (χ0v) is 12.7. The lowest BCUT2D eigenvalue weighted by Gasteiger charge is -2.30. The molecule has 1 aromatic carbocycles. The van der Waals surface area contributed by atoms with Gasteiger partial charge in [-0.1, -0.05) is 6.07 Å². The average Bonchev–Trinajstić information content (AvgIpc) is 2.47. The zero-order chi connectivity index (χ0) is 15.5. The number of aromatic hydroxyl groups is 1. The topological polar surface area (TPSA) is 83.9 Å². The number of carbonyl (C=O) groups is 1. The molecule has 1 heterocycles. The summed E-state index contributed by atoms with van der Waals surface area (Å²) in [6.45, 7) is 2.64. The van der Waals surface area contributed by atoms with E-state index in [4.69, 9.17) is 4.74 Å². The molecule has 0 atom stereocenters. The number of benzene rings is 1. The van der Waals surface area contributed by atoms with Crippen molar-refractivity contribution in [2.75, 3.05) is 19.7 Å². The van der Waals surface area contributed by atoms with Crippen molar-refractivity contribution >= 4 is 16.0 Å². The molecule has 0 bridgehead atoms. The lowest BCUT2D eigenvalue weighted by atomic mass is 9.98. The van der Waals surface area contributed by atoms with Gasteiger partial charge in [0.15, 0.2) is 0 Å². The Morgan fingerprint density at radius 2 is 2.05 bits per heavy atom. The van der Waals surface area contributed by atoms with Crippen LogP contribution in [0.4, 0.5) is 0 Å². The summed E-state index contributed by atoms with van der Waals surface area (Å²) in [5.41, 5.74) is 0. The van der Waals surface area contributed by atoms with Crippen molar-refractivity contribution in [2.45, 2.75) is 24.7 Å². The van der Waals surface area contributed by atoms with Crippen molar-refractivity contribution < 1.29 is 23.1 Å². The highest BCUT2D eigenvalue weighted by molar-refractivity contribution is 7.89. The number of sulfonamides is 1. The summed E-state index contributed by atoms with van der Waals surface area (Å²) in [7, 11) is -3.62. The van der Waals surface area contributed by atoms with Crippen molar-refractivity contribution in [1.82, 2.24) is 4.31 Å². The minimum Gasteiger partial charge on any atom is -0.508 e. The van der Waals surface area contributed by atoms with Gasteiger partial charge in [-0.15, -0.1) is 0 Å². The Bertz CT molecular complexity index is 606. The molecule has 1 aliphatic heterocycles. The number of nitrogens with zero attached hydrogens (tertiary/aromatic N) is 1. The second kappa shape index (κ2) is 6.44. The highest BCUT2D eigenvalue weighted by Crippen LogP contribution is 2.26. The summed E-state index contributed by atoms with van der Waals surface area (Å²) in [5.74, 6) is -0.579. The largest absolute Gasteiger partial charge is 0.508 e. The number of phenols is 1. The maximum atomic E-state index is 12.4. The molecule has 0 amide bonds. The van der Waals surface area contributed by atoms with Crippen LogP contribution in [0.25, 0.3) is 0 Å². The first-order valence-corrected chi connectivity index (χ1v) is 8.35. The van der Waals surface area contributed by atoms with Gasteiger partial charge in [0.2, 0.25) is 10.0 Å². The molecule has 21 heavy (non-hydrogen) atoms. The van der Waals surface area contributed by atoms with Gasteiger partial charge in [0.1, 0.15) is 5.75 Å². The Balaban J connectivity index is 2.06. The Morgan fingerprint density at radius 3 is 2.62 bits per heavy atom. The van der Waals surface area contributed by atoms with Crippen LogP contribution < -0.4 is 0 Å². The van der Waals surface area contributed by atoms with E-state index in [1.165, 1.54) is 28.6 Å². The summed E-state index contributed by atoms with van der Waals surface area (Å²) in [5, 5.41) is 9.40. The molecule has 1 aliphatic rings. The minimum atomic E-state index is -3.62. The predicted molar refractivity (Wildman–Crippen MR) is 76.2 cm³/mol. The first-order valence-electron chi connectivity index (χ1n) is 6.91. The van der Waals surface area contributed by atoms with E-state index in [0.717, 1.165) is 0 Å². The number of piperidine rings is 1. The van der Waals surface area contributed by atoms with E-state index >= 15 is 0 Å². The van der Waals surface area contributed by atoms with Gasteiger partial charge in [0.05, 0.1) is 17.4 Å². The first-order chi connectivity index (χ1) is 9.95. The molecule has 116 valence electrons. The first kappa shape index (κ1) is 15.8. The summed E-state index contributed by atoms with van der Waals surface area (Å²) >= 11 is 0. The molecule has 2 rings (SSSR count). The SMILES string of the molecule is CCOC(=O)C1CCN(S(=O)(=O)c2cccc(O)c2)CC1. The van der Waals surface area contributed by atoms with Gasteiger partial charge in [0.25, 0.3) is 0 Å². The molecule has 0 radical (unpaired) electrons. The number of carbonyl (C=O) groups excluding carboxylic acids is 1. The summed E-state index contributed by atoms with van der Waals surface area (Å²) in [4.78, 5) is 11.7. The third kappa shape index (κ3) is 3.54. The number of phenolic OH excluding ortho intramolecular Hbond substituents is 1. The van der Waals surface area contributed by atoms with Gasteiger partial charge in [-0.25, -0.2) is 8.42 Å². The fourth-order valence-electron chi connectivity index (χ4n) is 2.39. The molecule has 1 fully saturated rings. The number of rotatable bonds is 4. The van der Waals surface area contributed by atoms with Crippen LogP contribution in [-0.4, -0.2) is 43.5 Å². The number of ether oxygens (including phenoxy) is 1. The molecular weight excluding hydrogens is 294 g/mol. The van der Waals surface area contributed by atoms with Crippen molar-refractivity contribution in [3.8, 4) is 5.75 Å². The molecule has 0 aliphatic carbocycles. The Hall–Kier alpha value is -1.60. The molecule has 0 unspecified atom stereocenters. The van der Waals surface area contributed by atoms with Gasteiger partial charge in [-0.3, -0.25) is 4.79 Å².